The predicted octanol–water partition coefficient (Wildman–Crippen LogP) is 2.68. The Balaban J connectivity index is 1.64. The number of ether oxygens (including phenoxy) is 3. The summed E-state index contributed by atoms with van der Waals surface area (Å²) in [5, 5.41) is 5.49. The molecule has 0 spiro atoms. The lowest BCUT2D eigenvalue weighted by Crippen LogP contribution is -2.47. The van der Waals surface area contributed by atoms with Crippen LogP contribution in [0.25, 0.3) is 0 Å². The van der Waals surface area contributed by atoms with Gasteiger partial charge in [-0.1, -0.05) is 6.07 Å². The van der Waals surface area contributed by atoms with Crippen LogP contribution < -0.4 is 20.1 Å². The molecule has 1 aliphatic rings. The highest BCUT2D eigenvalue weighted by molar-refractivity contribution is 5.95. The van der Waals surface area contributed by atoms with Crippen molar-refractivity contribution in [2.24, 2.45) is 0 Å². The van der Waals surface area contributed by atoms with Crippen molar-refractivity contribution in [2.75, 3.05) is 33.9 Å². The van der Waals surface area contributed by atoms with E-state index in [0.717, 1.165) is 12.8 Å². The molecule has 1 aliphatic heterocycles. The van der Waals surface area contributed by atoms with E-state index >= 15 is 0 Å². The predicted molar refractivity (Wildman–Crippen MR) is 135 cm³/mol. The molecule has 2 N–H and O–H groups in total. The highest BCUT2D eigenvalue weighted by Crippen LogP contribution is 2.33. The van der Waals surface area contributed by atoms with Crippen LogP contribution in [-0.4, -0.2) is 62.6 Å². The van der Waals surface area contributed by atoms with E-state index in [4.69, 9.17) is 23.0 Å². The molecule has 2 atom stereocenters. The van der Waals surface area contributed by atoms with Crippen molar-refractivity contribution in [3.8, 4) is 11.5 Å². The number of rotatable bonds is 12. The molecule has 0 saturated carbocycles. The largest absolute Gasteiger partial charge is 0.493 e. The molecule has 202 valence electrons. The summed E-state index contributed by atoms with van der Waals surface area (Å²) in [5.41, 5.74) is 0.491. The standard InChI is InChI=1S/C27H31N3O8/c1-34-21-10-9-18(14-23(21)35-2)25(27(33)28-15-19-6-3-11-36-19)30(17-20-7-4-12-37-20)24(31)16-29-26(32)22-8-5-13-38-22/h4-5,7-10,12-14,19,25H,3,6,11,15-17H2,1-2H3,(H,28,33)(H,29,32)/t19-,25+/m0/s1. The van der Waals surface area contributed by atoms with Crippen LogP contribution in [0.1, 0.15) is 40.8 Å². The molecule has 0 aliphatic carbocycles. The Kier molecular flexibility index (Phi) is 9.04. The highest BCUT2D eigenvalue weighted by atomic mass is 16.5. The molecule has 38 heavy (non-hydrogen) atoms. The van der Waals surface area contributed by atoms with E-state index in [1.165, 1.54) is 37.7 Å². The Bertz CT molecular complexity index is 1200. The fourth-order valence-corrected chi connectivity index (χ4v) is 4.26. The van der Waals surface area contributed by atoms with Gasteiger partial charge in [-0.2, -0.15) is 0 Å². The van der Waals surface area contributed by atoms with Crippen molar-refractivity contribution in [3.05, 3.63) is 72.1 Å². The minimum absolute atomic E-state index is 0.0190. The van der Waals surface area contributed by atoms with Crippen LogP contribution in [0.15, 0.2) is 63.8 Å². The van der Waals surface area contributed by atoms with Crippen LogP contribution in [0.4, 0.5) is 0 Å². The third-order valence-electron chi connectivity index (χ3n) is 6.18. The van der Waals surface area contributed by atoms with Crippen LogP contribution in [0.2, 0.25) is 0 Å². The van der Waals surface area contributed by atoms with Gasteiger partial charge in [0.1, 0.15) is 11.8 Å². The Morgan fingerprint density at radius 2 is 1.82 bits per heavy atom. The fourth-order valence-electron chi connectivity index (χ4n) is 4.26. The molecular weight excluding hydrogens is 494 g/mol. The number of nitrogens with one attached hydrogen (secondary N) is 2. The first-order valence-corrected chi connectivity index (χ1v) is 12.2. The second kappa shape index (κ2) is 12.8. The van der Waals surface area contributed by atoms with E-state index in [1.807, 2.05) is 0 Å². The lowest BCUT2D eigenvalue weighted by Gasteiger charge is -2.31. The maximum absolute atomic E-state index is 13.7. The van der Waals surface area contributed by atoms with Crippen LogP contribution in [-0.2, 0) is 20.9 Å². The van der Waals surface area contributed by atoms with Gasteiger partial charge in [-0.05, 0) is 54.8 Å². The van der Waals surface area contributed by atoms with Gasteiger partial charge in [0.15, 0.2) is 17.3 Å². The van der Waals surface area contributed by atoms with Crippen molar-refractivity contribution < 1.29 is 37.4 Å². The van der Waals surface area contributed by atoms with E-state index in [0.29, 0.717) is 36.0 Å². The van der Waals surface area contributed by atoms with Gasteiger partial charge < -0.3 is 38.6 Å². The number of carbonyl (C=O) groups is 3. The van der Waals surface area contributed by atoms with Crippen LogP contribution >= 0.6 is 0 Å². The SMILES string of the molecule is COc1ccc([C@H](C(=O)NC[C@@H]2CCCO2)N(Cc2ccco2)C(=O)CNC(=O)c2ccco2)cc1OC. The molecule has 2 aromatic heterocycles. The zero-order valence-electron chi connectivity index (χ0n) is 21.3. The Morgan fingerprint density at radius 3 is 2.47 bits per heavy atom. The van der Waals surface area contributed by atoms with Gasteiger partial charge in [0, 0.05) is 13.2 Å². The third-order valence-corrected chi connectivity index (χ3v) is 6.18. The summed E-state index contributed by atoms with van der Waals surface area (Å²) in [6.45, 7) is 0.566. The molecule has 3 heterocycles. The summed E-state index contributed by atoms with van der Waals surface area (Å²) < 4.78 is 27.0. The molecule has 4 rings (SSSR count). The first kappa shape index (κ1) is 26.8. The quantitative estimate of drug-likeness (QED) is 0.369. The van der Waals surface area contributed by atoms with Crippen molar-refractivity contribution in [2.45, 2.75) is 31.5 Å². The maximum Gasteiger partial charge on any atom is 0.287 e. The van der Waals surface area contributed by atoms with Gasteiger partial charge in [0.25, 0.3) is 5.91 Å². The van der Waals surface area contributed by atoms with Gasteiger partial charge in [0.2, 0.25) is 11.8 Å². The number of amides is 3. The zero-order valence-corrected chi connectivity index (χ0v) is 21.3. The number of benzene rings is 1. The normalized spacial score (nSPS) is 15.5. The summed E-state index contributed by atoms with van der Waals surface area (Å²) in [4.78, 5) is 41.0. The highest BCUT2D eigenvalue weighted by Gasteiger charge is 2.33. The molecule has 11 heteroatoms. The Morgan fingerprint density at radius 1 is 1.03 bits per heavy atom. The molecule has 11 nitrogen and oxygen atoms in total. The monoisotopic (exact) mass is 525 g/mol. The molecular formula is C27H31N3O8. The summed E-state index contributed by atoms with van der Waals surface area (Å²) in [7, 11) is 3.00. The van der Waals surface area contributed by atoms with Gasteiger partial charge in [-0.3, -0.25) is 14.4 Å². The van der Waals surface area contributed by atoms with Crippen LogP contribution in [0, 0.1) is 0 Å². The summed E-state index contributed by atoms with van der Waals surface area (Å²) in [6.07, 6.45) is 4.53. The van der Waals surface area contributed by atoms with Crippen LogP contribution in [0.5, 0.6) is 11.5 Å². The average molecular weight is 526 g/mol. The first-order valence-electron chi connectivity index (χ1n) is 12.2. The van der Waals surface area contributed by atoms with Crippen molar-refractivity contribution in [1.82, 2.24) is 15.5 Å². The number of nitrogens with zero attached hydrogens (tertiary/aromatic N) is 1. The molecule has 3 aromatic rings. The fraction of sp³-hybridized carbons (Fsp3) is 0.370. The third kappa shape index (κ3) is 6.54. The minimum atomic E-state index is -1.07. The van der Waals surface area contributed by atoms with E-state index in [2.05, 4.69) is 10.6 Å². The number of hydrogen-bond acceptors (Lipinski definition) is 8. The van der Waals surface area contributed by atoms with Crippen LogP contribution in [0.3, 0.4) is 0 Å². The second-order valence-corrected chi connectivity index (χ2v) is 8.66. The molecule has 0 radical (unpaired) electrons. The molecule has 1 aromatic carbocycles. The van der Waals surface area contributed by atoms with Crippen molar-refractivity contribution >= 4 is 17.7 Å². The van der Waals surface area contributed by atoms with Gasteiger partial charge in [-0.15, -0.1) is 0 Å². The minimum Gasteiger partial charge on any atom is -0.493 e. The van der Waals surface area contributed by atoms with E-state index in [-0.39, 0.29) is 25.0 Å². The molecule has 3 amide bonds. The zero-order chi connectivity index (χ0) is 26.9. The van der Waals surface area contributed by atoms with Crippen molar-refractivity contribution in [1.29, 1.82) is 0 Å². The van der Waals surface area contributed by atoms with Gasteiger partial charge >= 0.3 is 0 Å². The maximum atomic E-state index is 13.7. The van der Waals surface area contributed by atoms with E-state index in [9.17, 15) is 14.4 Å². The topological polar surface area (TPSA) is 132 Å². The van der Waals surface area contributed by atoms with Gasteiger partial charge in [-0.25, -0.2) is 0 Å². The Labute approximate surface area is 220 Å². The average Bonchev–Trinajstić information content (AvgIpc) is 3.74. The molecule has 0 unspecified atom stereocenters. The number of carbonyl (C=O) groups excluding carboxylic acids is 3. The van der Waals surface area contributed by atoms with Gasteiger partial charge in [0.05, 0.1) is 45.9 Å². The number of hydrogen-bond donors (Lipinski definition) is 2. The Hall–Kier alpha value is -4.25. The smallest absolute Gasteiger partial charge is 0.287 e. The molecule has 1 saturated heterocycles. The second-order valence-electron chi connectivity index (χ2n) is 8.66. The number of methoxy groups -OCH3 is 2. The molecule has 1 fully saturated rings. The summed E-state index contributed by atoms with van der Waals surface area (Å²) >= 11 is 0. The lowest BCUT2D eigenvalue weighted by atomic mass is 10.0. The molecule has 0 bridgehead atoms. The summed E-state index contributed by atoms with van der Waals surface area (Å²) in [6, 6.07) is 10.4. The summed E-state index contributed by atoms with van der Waals surface area (Å²) in [5.74, 6) is -0.0535. The van der Waals surface area contributed by atoms with Crippen molar-refractivity contribution in [3.63, 3.8) is 0 Å². The van der Waals surface area contributed by atoms with E-state index in [1.54, 1.807) is 36.4 Å². The first-order chi connectivity index (χ1) is 18.5. The van der Waals surface area contributed by atoms with E-state index < -0.39 is 23.8 Å². The number of furan rings is 2. The lowest BCUT2D eigenvalue weighted by molar-refractivity contribution is -0.141.